The lowest BCUT2D eigenvalue weighted by molar-refractivity contribution is 0.949. The van der Waals surface area contributed by atoms with Crippen LogP contribution in [0.2, 0.25) is 0 Å². The van der Waals surface area contributed by atoms with E-state index in [1.165, 1.54) is 18.4 Å². The molecule has 0 aliphatic heterocycles. The van der Waals surface area contributed by atoms with Gasteiger partial charge in [0.15, 0.2) is 0 Å². The number of nitrogens with zero attached hydrogens (tertiary/aromatic N) is 1. The van der Waals surface area contributed by atoms with Crippen LogP contribution in [0.15, 0.2) is 53.0 Å². The minimum Gasteiger partial charge on any atom is -0.366 e. The van der Waals surface area contributed by atoms with Crippen molar-refractivity contribution < 1.29 is 0 Å². The van der Waals surface area contributed by atoms with Crippen molar-refractivity contribution in [2.45, 2.75) is 24.8 Å². The summed E-state index contributed by atoms with van der Waals surface area (Å²) in [5.41, 5.74) is 3.40. The molecule has 2 aromatic carbocycles. The van der Waals surface area contributed by atoms with Crippen molar-refractivity contribution in [2.75, 3.05) is 5.32 Å². The van der Waals surface area contributed by atoms with E-state index in [1.807, 2.05) is 30.3 Å². The maximum absolute atomic E-state index is 9.50. The first-order valence-electron chi connectivity index (χ1n) is 6.78. The molecule has 1 unspecified atom stereocenters. The highest BCUT2D eigenvalue weighted by Gasteiger charge is 2.28. The number of anilines is 1. The molecule has 0 amide bonds. The number of nitriles is 1. The van der Waals surface area contributed by atoms with Crippen LogP contribution < -0.4 is 5.32 Å². The van der Waals surface area contributed by atoms with Gasteiger partial charge in [0.25, 0.3) is 0 Å². The Kier molecular flexibility index (Phi) is 3.75. The summed E-state index contributed by atoms with van der Waals surface area (Å²) in [6.07, 6.45) is 2.49. The van der Waals surface area contributed by atoms with Crippen molar-refractivity contribution in [3.05, 3.63) is 64.1 Å². The van der Waals surface area contributed by atoms with Gasteiger partial charge < -0.3 is 5.32 Å². The standard InChI is InChI=1S/C17H15BrN2/c18-13-7-9-14(10-8-13)20-17(11-19)16-4-2-1-3-15(16)12-5-6-12/h1-4,7-10,12,17,20H,5-6H2. The number of hydrogen-bond donors (Lipinski definition) is 1. The molecule has 0 spiro atoms. The van der Waals surface area contributed by atoms with E-state index >= 15 is 0 Å². The van der Waals surface area contributed by atoms with Crippen molar-refractivity contribution in [3.8, 4) is 6.07 Å². The summed E-state index contributed by atoms with van der Waals surface area (Å²) in [6.45, 7) is 0. The Bertz CT molecular complexity index is 639. The largest absolute Gasteiger partial charge is 0.366 e. The van der Waals surface area contributed by atoms with Crippen molar-refractivity contribution in [1.29, 1.82) is 5.26 Å². The Labute approximate surface area is 127 Å². The van der Waals surface area contributed by atoms with Gasteiger partial charge in [0.2, 0.25) is 0 Å². The molecule has 0 saturated heterocycles. The molecule has 0 aromatic heterocycles. The van der Waals surface area contributed by atoms with Gasteiger partial charge in [-0.1, -0.05) is 40.2 Å². The van der Waals surface area contributed by atoms with Gasteiger partial charge in [0.05, 0.1) is 6.07 Å². The third kappa shape index (κ3) is 2.86. The van der Waals surface area contributed by atoms with Gasteiger partial charge in [0.1, 0.15) is 6.04 Å². The highest BCUT2D eigenvalue weighted by Crippen LogP contribution is 2.43. The Morgan fingerprint density at radius 3 is 2.45 bits per heavy atom. The minimum absolute atomic E-state index is 0.298. The van der Waals surface area contributed by atoms with E-state index in [1.54, 1.807) is 0 Å². The predicted octanol–water partition coefficient (Wildman–Crippen LogP) is 5.00. The number of nitrogens with one attached hydrogen (secondary N) is 1. The molecule has 3 rings (SSSR count). The highest BCUT2D eigenvalue weighted by atomic mass is 79.9. The number of halogens is 1. The molecule has 20 heavy (non-hydrogen) atoms. The van der Waals surface area contributed by atoms with Crippen LogP contribution >= 0.6 is 15.9 Å². The third-order valence-electron chi connectivity index (χ3n) is 3.61. The zero-order chi connectivity index (χ0) is 13.9. The van der Waals surface area contributed by atoms with Gasteiger partial charge in [-0.25, -0.2) is 0 Å². The average Bonchev–Trinajstić information content (AvgIpc) is 3.31. The second-order valence-corrected chi connectivity index (χ2v) is 6.03. The fourth-order valence-electron chi connectivity index (χ4n) is 2.43. The Morgan fingerprint density at radius 2 is 1.80 bits per heavy atom. The summed E-state index contributed by atoms with van der Waals surface area (Å²) in [5.74, 6) is 0.647. The molecule has 0 heterocycles. The van der Waals surface area contributed by atoms with E-state index < -0.39 is 0 Å². The van der Waals surface area contributed by atoms with Crippen molar-refractivity contribution in [3.63, 3.8) is 0 Å². The molecule has 1 aliphatic rings. The molecule has 3 heteroatoms. The molecular weight excluding hydrogens is 312 g/mol. The first kappa shape index (κ1) is 13.2. The van der Waals surface area contributed by atoms with Crippen LogP contribution in [0, 0.1) is 11.3 Å². The van der Waals surface area contributed by atoms with Crippen LogP contribution in [0.4, 0.5) is 5.69 Å². The number of rotatable bonds is 4. The molecule has 100 valence electrons. The maximum Gasteiger partial charge on any atom is 0.140 e. The topological polar surface area (TPSA) is 35.8 Å². The van der Waals surface area contributed by atoms with E-state index in [0.717, 1.165) is 15.7 Å². The Hall–Kier alpha value is -1.79. The molecule has 1 N–H and O–H groups in total. The molecule has 1 atom stereocenters. The van der Waals surface area contributed by atoms with Crippen LogP contribution in [-0.2, 0) is 0 Å². The predicted molar refractivity (Wildman–Crippen MR) is 84.5 cm³/mol. The first-order valence-corrected chi connectivity index (χ1v) is 7.58. The lowest BCUT2D eigenvalue weighted by Crippen LogP contribution is -2.10. The van der Waals surface area contributed by atoms with E-state index in [0.29, 0.717) is 5.92 Å². The van der Waals surface area contributed by atoms with Gasteiger partial charge in [-0.15, -0.1) is 0 Å². The fraction of sp³-hybridized carbons (Fsp3) is 0.235. The quantitative estimate of drug-likeness (QED) is 0.857. The van der Waals surface area contributed by atoms with Crippen LogP contribution in [-0.4, -0.2) is 0 Å². The van der Waals surface area contributed by atoms with E-state index in [2.05, 4.69) is 45.5 Å². The Morgan fingerprint density at radius 1 is 1.10 bits per heavy atom. The molecule has 2 nitrogen and oxygen atoms in total. The highest BCUT2D eigenvalue weighted by molar-refractivity contribution is 9.10. The van der Waals surface area contributed by atoms with Crippen LogP contribution in [0.25, 0.3) is 0 Å². The molecule has 1 fully saturated rings. The second-order valence-electron chi connectivity index (χ2n) is 5.12. The molecule has 2 aromatic rings. The van der Waals surface area contributed by atoms with E-state index in [-0.39, 0.29) is 6.04 Å². The smallest absolute Gasteiger partial charge is 0.140 e. The van der Waals surface area contributed by atoms with E-state index in [9.17, 15) is 5.26 Å². The van der Waals surface area contributed by atoms with Crippen LogP contribution in [0.1, 0.15) is 35.9 Å². The van der Waals surface area contributed by atoms with Gasteiger partial charge in [-0.05, 0) is 54.2 Å². The average molecular weight is 327 g/mol. The molecule has 1 aliphatic carbocycles. The van der Waals surface area contributed by atoms with Crippen molar-refractivity contribution in [2.24, 2.45) is 0 Å². The van der Waals surface area contributed by atoms with Gasteiger partial charge >= 0.3 is 0 Å². The summed E-state index contributed by atoms with van der Waals surface area (Å²) in [5, 5.41) is 12.8. The maximum atomic E-state index is 9.50. The number of benzene rings is 2. The van der Waals surface area contributed by atoms with E-state index in [4.69, 9.17) is 0 Å². The zero-order valence-electron chi connectivity index (χ0n) is 11.0. The van der Waals surface area contributed by atoms with Gasteiger partial charge in [-0.2, -0.15) is 5.26 Å². The SMILES string of the molecule is N#CC(Nc1ccc(Br)cc1)c1ccccc1C1CC1. The van der Waals surface area contributed by atoms with Gasteiger partial charge in [0, 0.05) is 10.2 Å². The molecule has 0 bridgehead atoms. The monoisotopic (exact) mass is 326 g/mol. The normalized spacial score (nSPS) is 15.4. The van der Waals surface area contributed by atoms with Crippen molar-refractivity contribution >= 4 is 21.6 Å². The van der Waals surface area contributed by atoms with Crippen molar-refractivity contribution in [1.82, 2.24) is 0 Å². The molecular formula is C17H15BrN2. The zero-order valence-corrected chi connectivity index (χ0v) is 12.6. The van der Waals surface area contributed by atoms with Crippen LogP contribution in [0.5, 0.6) is 0 Å². The minimum atomic E-state index is -0.298. The lowest BCUT2D eigenvalue weighted by Gasteiger charge is -2.17. The number of hydrogen-bond acceptors (Lipinski definition) is 2. The second kappa shape index (κ2) is 5.68. The summed E-state index contributed by atoms with van der Waals surface area (Å²) >= 11 is 3.42. The first-order chi connectivity index (χ1) is 9.78. The third-order valence-corrected chi connectivity index (χ3v) is 4.14. The fourth-order valence-corrected chi connectivity index (χ4v) is 2.70. The summed E-state index contributed by atoms with van der Waals surface area (Å²) < 4.78 is 1.04. The molecule has 0 radical (unpaired) electrons. The Balaban J connectivity index is 1.87. The van der Waals surface area contributed by atoms with Crippen LogP contribution in [0.3, 0.4) is 0 Å². The summed E-state index contributed by atoms with van der Waals surface area (Å²) in [4.78, 5) is 0. The summed E-state index contributed by atoms with van der Waals surface area (Å²) in [6, 6.07) is 18.3. The van der Waals surface area contributed by atoms with Gasteiger partial charge in [-0.3, -0.25) is 0 Å². The summed E-state index contributed by atoms with van der Waals surface area (Å²) in [7, 11) is 0. The lowest BCUT2D eigenvalue weighted by atomic mass is 9.97. The molecule has 1 saturated carbocycles.